The standard InChI is InChI=1S/C19H24N2O3/c1-11(2)16-17(22)20(5)19(23)21(14-6-7-14)18(16)24-15-9-12(3)8-13(4)10-15/h8-11,14H,6-7H2,1-5H3. The van der Waals surface area contributed by atoms with Crippen LogP contribution in [0.3, 0.4) is 0 Å². The van der Waals surface area contributed by atoms with Crippen LogP contribution in [-0.4, -0.2) is 9.13 Å². The first-order valence-electron chi connectivity index (χ1n) is 8.41. The lowest BCUT2D eigenvalue weighted by Crippen LogP contribution is -2.40. The number of benzene rings is 1. The molecular weight excluding hydrogens is 304 g/mol. The third-order valence-electron chi connectivity index (χ3n) is 4.38. The maximum atomic E-state index is 12.6. The summed E-state index contributed by atoms with van der Waals surface area (Å²) < 4.78 is 8.99. The zero-order valence-corrected chi connectivity index (χ0v) is 14.9. The molecule has 0 atom stereocenters. The fraction of sp³-hybridized carbons (Fsp3) is 0.474. The first kappa shape index (κ1) is 16.6. The lowest BCUT2D eigenvalue weighted by atomic mass is 10.1. The van der Waals surface area contributed by atoms with Crippen LogP contribution in [-0.2, 0) is 7.05 Å². The molecule has 0 unspecified atom stereocenters. The minimum absolute atomic E-state index is 0.0322. The summed E-state index contributed by atoms with van der Waals surface area (Å²) in [6.45, 7) is 7.90. The second kappa shape index (κ2) is 5.96. The molecule has 0 spiro atoms. The molecule has 0 saturated heterocycles. The van der Waals surface area contributed by atoms with Gasteiger partial charge in [0.15, 0.2) is 0 Å². The maximum absolute atomic E-state index is 12.6. The lowest BCUT2D eigenvalue weighted by Gasteiger charge is -2.20. The Kier molecular flexibility index (Phi) is 4.11. The Hall–Kier alpha value is -2.30. The minimum Gasteiger partial charge on any atom is -0.440 e. The fourth-order valence-electron chi connectivity index (χ4n) is 3.09. The Morgan fingerprint density at radius 3 is 2.17 bits per heavy atom. The molecule has 1 heterocycles. The third kappa shape index (κ3) is 2.90. The van der Waals surface area contributed by atoms with Gasteiger partial charge in [-0.25, -0.2) is 4.79 Å². The molecule has 5 nitrogen and oxygen atoms in total. The van der Waals surface area contributed by atoms with Crippen LogP contribution in [0, 0.1) is 13.8 Å². The van der Waals surface area contributed by atoms with Crippen LogP contribution in [0.4, 0.5) is 0 Å². The maximum Gasteiger partial charge on any atom is 0.333 e. The number of hydrogen-bond donors (Lipinski definition) is 0. The van der Waals surface area contributed by atoms with Crippen molar-refractivity contribution in [2.45, 2.75) is 52.5 Å². The quantitative estimate of drug-likeness (QED) is 0.864. The van der Waals surface area contributed by atoms with Gasteiger partial charge in [-0.3, -0.25) is 13.9 Å². The average molecular weight is 328 g/mol. The molecular formula is C19H24N2O3. The van der Waals surface area contributed by atoms with Crippen LogP contribution >= 0.6 is 0 Å². The van der Waals surface area contributed by atoms with E-state index in [-0.39, 0.29) is 23.2 Å². The Bertz CT molecular complexity index is 845. The van der Waals surface area contributed by atoms with E-state index in [0.717, 1.165) is 24.0 Å². The van der Waals surface area contributed by atoms with Crippen molar-refractivity contribution in [3.8, 4) is 11.6 Å². The molecule has 0 bridgehead atoms. The van der Waals surface area contributed by atoms with E-state index in [1.54, 1.807) is 4.57 Å². The molecule has 0 aliphatic heterocycles. The number of ether oxygens (including phenoxy) is 1. The van der Waals surface area contributed by atoms with Crippen molar-refractivity contribution in [3.63, 3.8) is 0 Å². The summed E-state index contributed by atoms with van der Waals surface area (Å²) in [5, 5.41) is 0. The van der Waals surface area contributed by atoms with E-state index >= 15 is 0 Å². The fourth-order valence-corrected chi connectivity index (χ4v) is 3.09. The van der Waals surface area contributed by atoms with Gasteiger partial charge in [0.1, 0.15) is 5.75 Å². The van der Waals surface area contributed by atoms with Gasteiger partial charge < -0.3 is 4.74 Å². The van der Waals surface area contributed by atoms with Gasteiger partial charge in [0, 0.05) is 13.1 Å². The van der Waals surface area contributed by atoms with Crippen LogP contribution in [0.2, 0.25) is 0 Å². The van der Waals surface area contributed by atoms with E-state index in [1.165, 1.54) is 11.6 Å². The lowest BCUT2D eigenvalue weighted by molar-refractivity contribution is 0.395. The zero-order chi connectivity index (χ0) is 17.6. The molecule has 5 heteroatoms. The SMILES string of the molecule is Cc1cc(C)cc(Oc2c(C(C)C)c(=O)n(C)c(=O)n2C2CC2)c1. The summed E-state index contributed by atoms with van der Waals surface area (Å²) in [5.74, 6) is 1.04. The first-order valence-corrected chi connectivity index (χ1v) is 8.41. The highest BCUT2D eigenvalue weighted by atomic mass is 16.5. The molecule has 1 aliphatic rings. The molecule has 0 N–H and O–H groups in total. The van der Waals surface area contributed by atoms with Gasteiger partial charge in [-0.2, -0.15) is 0 Å². The van der Waals surface area contributed by atoms with E-state index in [9.17, 15) is 9.59 Å². The number of hydrogen-bond acceptors (Lipinski definition) is 3. The Morgan fingerprint density at radius 1 is 1.08 bits per heavy atom. The van der Waals surface area contributed by atoms with Crippen molar-refractivity contribution in [1.82, 2.24) is 9.13 Å². The highest BCUT2D eigenvalue weighted by Gasteiger charge is 2.32. The normalized spacial score (nSPS) is 14.2. The van der Waals surface area contributed by atoms with Crippen molar-refractivity contribution in [3.05, 3.63) is 55.7 Å². The van der Waals surface area contributed by atoms with E-state index in [0.29, 0.717) is 17.2 Å². The molecule has 1 aromatic carbocycles. The molecule has 0 radical (unpaired) electrons. The molecule has 1 fully saturated rings. The molecule has 0 amide bonds. The van der Waals surface area contributed by atoms with Crippen LogP contribution < -0.4 is 16.0 Å². The monoisotopic (exact) mass is 328 g/mol. The Morgan fingerprint density at radius 2 is 1.67 bits per heavy atom. The van der Waals surface area contributed by atoms with E-state index in [2.05, 4.69) is 6.07 Å². The number of aromatic nitrogens is 2. The summed E-state index contributed by atoms with van der Waals surface area (Å²) in [4.78, 5) is 25.3. The van der Waals surface area contributed by atoms with Gasteiger partial charge >= 0.3 is 5.69 Å². The molecule has 24 heavy (non-hydrogen) atoms. The smallest absolute Gasteiger partial charge is 0.333 e. The van der Waals surface area contributed by atoms with Gasteiger partial charge in [-0.05, 0) is 55.9 Å². The number of rotatable bonds is 4. The molecule has 128 valence electrons. The van der Waals surface area contributed by atoms with Gasteiger partial charge in [0.05, 0.1) is 5.56 Å². The summed E-state index contributed by atoms with van der Waals surface area (Å²) in [5.41, 5.74) is 2.15. The Labute approximate surface area is 141 Å². The highest BCUT2D eigenvalue weighted by Crippen LogP contribution is 2.39. The van der Waals surface area contributed by atoms with Crippen molar-refractivity contribution in [1.29, 1.82) is 0 Å². The van der Waals surface area contributed by atoms with Crippen LogP contribution in [0.5, 0.6) is 11.6 Å². The average Bonchev–Trinajstić information content (AvgIpc) is 3.28. The molecule has 1 aliphatic carbocycles. The topological polar surface area (TPSA) is 53.2 Å². The van der Waals surface area contributed by atoms with Crippen LogP contribution in [0.1, 0.15) is 55.3 Å². The van der Waals surface area contributed by atoms with Crippen molar-refractivity contribution >= 4 is 0 Å². The predicted octanol–water partition coefficient (Wildman–Crippen LogP) is 3.41. The first-order chi connectivity index (χ1) is 11.3. The third-order valence-corrected chi connectivity index (χ3v) is 4.38. The van der Waals surface area contributed by atoms with Crippen molar-refractivity contribution < 1.29 is 4.74 Å². The highest BCUT2D eigenvalue weighted by molar-refractivity contribution is 5.38. The number of aryl methyl sites for hydroxylation is 2. The van der Waals surface area contributed by atoms with E-state index in [4.69, 9.17) is 4.74 Å². The Balaban J connectivity index is 2.25. The van der Waals surface area contributed by atoms with Gasteiger partial charge in [0.25, 0.3) is 5.56 Å². The second-order valence-electron chi connectivity index (χ2n) is 7.05. The minimum atomic E-state index is -0.300. The van der Waals surface area contributed by atoms with Gasteiger partial charge in [-0.15, -0.1) is 0 Å². The molecule has 2 aromatic rings. The van der Waals surface area contributed by atoms with Crippen molar-refractivity contribution in [2.75, 3.05) is 0 Å². The van der Waals surface area contributed by atoms with Crippen LogP contribution in [0.15, 0.2) is 27.8 Å². The predicted molar refractivity (Wildman–Crippen MR) is 94.3 cm³/mol. The number of nitrogens with zero attached hydrogens (tertiary/aromatic N) is 2. The molecule has 3 rings (SSSR count). The second-order valence-corrected chi connectivity index (χ2v) is 7.05. The zero-order valence-electron chi connectivity index (χ0n) is 14.9. The summed E-state index contributed by atoms with van der Waals surface area (Å²) >= 11 is 0. The molecule has 1 aromatic heterocycles. The van der Waals surface area contributed by atoms with Crippen LogP contribution in [0.25, 0.3) is 0 Å². The van der Waals surface area contributed by atoms with E-state index < -0.39 is 0 Å². The summed E-state index contributed by atoms with van der Waals surface area (Å²) in [7, 11) is 1.54. The van der Waals surface area contributed by atoms with Gasteiger partial charge in [-0.1, -0.05) is 19.9 Å². The molecule has 1 saturated carbocycles. The van der Waals surface area contributed by atoms with E-state index in [1.807, 2.05) is 39.8 Å². The van der Waals surface area contributed by atoms with Crippen molar-refractivity contribution in [2.24, 2.45) is 7.05 Å². The summed E-state index contributed by atoms with van der Waals surface area (Å²) in [6.07, 6.45) is 1.89. The van der Waals surface area contributed by atoms with Gasteiger partial charge in [0.2, 0.25) is 5.88 Å². The largest absolute Gasteiger partial charge is 0.440 e. The summed E-state index contributed by atoms with van der Waals surface area (Å²) in [6, 6.07) is 6.04.